The third kappa shape index (κ3) is 7.78. The van der Waals surface area contributed by atoms with Crippen LogP contribution in [0.15, 0.2) is 48.8 Å². The summed E-state index contributed by atoms with van der Waals surface area (Å²) in [6, 6.07) is 10.6. The molecule has 1 saturated heterocycles. The standard InChI is InChI=1S/C34H36N12O7/c1-35-32(50)28-23(39-22-7-4-6-20(29(22)53-3)30-38-17-45(2)44-30)15-25(42-43-28)40-27(48)16-36-12-5-13-37-18-8-9-19-21(14-18)34(52)46(33(19)51)24-10-11-26(47)41-31(24)49/h4,6-9,14-15,17,24,36-37H,5,10-13,16H2,1-3H3,(H,35,50)(H,41,47,49)(H2,39,40,42,48). The minimum absolute atomic E-state index is 0.00878. The largest absolute Gasteiger partial charge is 0.494 e. The molecule has 0 aliphatic carbocycles. The van der Waals surface area contributed by atoms with Crippen molar-refractivity contribution in [3.05, 3.63) is 65.6 Å². The third-order valence-electron chi connectivity index (χ3n) is 8.42. The van der Waals surface area contributed by atoms with Gasteiger partial charge in [-0.15, -0.1) is 10.2 Å². The summed E-state index contributed by atoms with van der Waals surface area (Å²) in [4.78, 5) is 80.4. The van der Waals surface area contributed by atoms with Crippen molar-refractivity contribution in [2.45, 2.75) is 25.3 Å². The predicted molar refractivity (Wildman–Crippen MR) is 189 cm³/mol. The molecule has 6 rings (SSSR count). The fraction of sp³-hybridized carbons (Fsp3) is 0.294. The van der Waals surface area contributed by atoms with Crippen molar-refractivity contribution in [2.24, 2.45) is 7.05 Å². The van der Waals surface area contributed by atoms with E-state index in [9.17, 15) is 28.8 Å². The molecule has 53 heavy (non-hydrogen) atoms. The molecule has 2 aliphatic heterocycles. The molecule has 0 spiro atoms. The van der Waals surface area contributed by atoms with Gasteiger partial charge in [-0.1, -0.05) is 6.07 Å². The van der Waals surface area contributed by atoms with Crippen LogP contribution in [0.5, 0.6) is 5.75 Å². The molecule has 0 saturated carbocycles. The first kappa shape index (κ1) is 36.0. The number of nitrogens with zero attached hydrogens (tertiary/aromatic N) is 6. The molecule has 0 bridgehead atoms. The van der Waals surface area contributed by atoms with Gasteiger partial charge < -0.3 is 31.3 Å². The van der Waals surface area contributed by atoms with Gasteiger partial charge in [0.05, 0.1) is 41.7 Å². The Morgan fingerprint density at radius 2 is 1.79 bits per heavy atom. The number of hydrogen-bond acceptors (Lipinski definition) is 14. The van der Waals surface area contributed by atoms with E-state index in [1.54, 1.807) is 48.4 Å². The number of amides is 6. The molecule has 6 amide bonds. The van der Waals surface area contributed by atoms with Crippen molar-refractivity contribution in [3.63, 3.8) is 0 Å². The molecule has 19 heteroatoms. The lowest BCUT2D eigenvalue weighted by atomic mass is 10.0. The second-order valence-corrected chi connectivity index (χ2v) is 12.0. The number of imide groups is 2. The average molecular weight is 725 g/mol. The van der Waals surface area contributed by atoms with E-state index in [1.807, 2.05) is 0 Å². The van der Waals surface area contributed by atoms with E-state index in [-0.39, 0.29) is 47.7 Å². The molecule has 1 atom stereocenters. The zero-order valence-electron chi connectivity index (χ0n) is 29.0. The normalized spacial score (nSPS) is 15.2. The lowest BCUT2D eigenvalue weighted by Crippen LogP contribution is -2.54. The number of benzene rings is 2. The molecular weight excluding hydrogens is 688 g/mol. The summed E-state index contributed by atoms with van der Waals surface area (Å²) in [7, 11) is 4.72. The van der Waals surface area contributed by atoms with Crippen LogP contribution in [0.3, 0.4) is 0 Å². The minimum Gasteiger partial charge on any atom is -0.494 e. The van der Waals surface area contributed by atoms with E-state index in [4.69, 9.17) is 4.74 Å². The maximum atomic E-state index is 13.1. The summed E-state index contributed by atoms with van der Waals surface area (Å²) in [5.41, 5.74) is 2.35. The lowest BCUT2D eigenvalue weighted by Gasteiger charge is -2.27. The molecule has 274 valence electrons. The van der Waals surface area contributed by atoms with Crippen LogP contribution in [-0.2, 0) is 21.4 Å². The molecule has 2 aliphatic rings. The first-order valence-corrected chi connectivity index (χ1v) is 16.6. The molecule has 4 heterocycles. The number of methoxy groups -OCH3 is 1. The fourth-order valence-electron chi connectivity index (χ4n) is 5.89. The summed E-state index contributed by atoms with van der Waals surface area (Å²) >= 11 is 0. The molecule has 1 fully saturated rings. The maximum absolute atomic E-state index is 13.1. The summed E-state index contributed by atoms with van der Waals surface area (Å²) in [6.45, 7) is 0.899. The first-order valence-electron chi connectivity index (χ1n) is 16.6. The summed E-state index contributed by atoms with van der Waals surface area (Å²) in [6.07, 6.45) is 2.29. The number of rotatable bonds is 14. The van der Waals surface area contributed by atoms with Crippen LogP contribution in [0, 0.1) is 0 Å². The maximum Gasteiger partial charge on any atom is 0.273 e. The van der Waals surface area contributed by atoms with Crippen LogP contribution >= 0.6 is 0 Å². The smallest absolute Gasteiger partial charge is 0.273 e. The molecule has 0 radical (unpaired) electrons. The van der Waals surface area contributed by atoms with E-state index in [0.29, 0.717) is 48.0 Å². The van der Waals surface area contributed by atoms with E-state index in [1.165, 1.54) is 26.3 Å². The van der Waals surface area contributed by atoms with Gasteiger partial charge >= 0.3 is 0 Å². The number of carbonyl (C=O) groups is 6. The number of aryl methyl sites for hydroxylation is 1. The molecule has 19 nitrogen and oxygen atoms in total. The van der Waals surface area contributed by atoms with Crippen molar-refractivity contribution in [1.29, 1.82) is 0 Å². The van der Waals surface area contributed by atoms with Gasteiger partial charge in [-0.05, 0) is 49.7 Å². The number of aromatic nitrogens is 5. The molecule has 2 aromatic carbocycles. The van der Waals surface area contributed by atoms with Gasteiger partial charge in [-0.25, -0.2) is 4.98 Å². The van der Waals surface area contributed by atoms with Crippen LogP contribution < -0.4 is 36.6 Å². The third-order valence-corrected chi connectivity index (χ3v) is 8.42. The zero-order chi connectivity index (χ0) is 37.6. The highest BCUT2D eigenvalue weighted by molar-refractivity contribution is 6.23. The Kier molecular flexibility index (Phi) is 10.6. The second kappa shape index (κ2) is 15.6. The number of hydrogen-bond donors (Lipinski definition) is 6. The Morgan fingerprint density at radius 1 is 0.981 bits per heavy atom. The molecule has 6 N–H and O–H groups in total. The lowest BCUT2D eigenvalue weighted by molar-refractivity contribution is -0.136. The van der Waals surface area contributed by atoms with Gasteiger partial charge in [0.25, 0.3) is 17.7 Å². The first-order chi connectivity index (χ1) is 25.6. The Morgan fingerprint density at radius 3 is 2.53 bits per heavy atom. The molecule has 1 unspecified atom stereocenters. The molecule has 4 aromatic rings. The molecular formula is C34H36N12O7. The SMILES string of the molecule is CNC(=O)c1nnc(NC(=O)CNCCCNc2ccc3c(c2)C(=O)N(C2CCC(=O)NC2=O)C3=O)cc1Nc1cccc(-c2ncn(C)n2)c1OC. The van der Waals surface area contributed by atoms with E-state index >= 15 is 0 Å². The molecule has 2 aromatic heterocycles. The van der Waals surface area contributed by atoms with Gasteiger partial charge in [0.15, 0.2) is 23.1 Å². The highest BCUT2D eigenvalue weighted by Gasteiger charge is 2.44. The predicted octanol–water partition coefficient (Wildman–Crippen LogP) is 0.815. The Hall–Kier alpha value is -6.76. The Labute approximate surface area is 302 Å². The van der Waals surface area contributed by atoms with Crippen molar-refractivity contribution in [3.8, 4) is 17.1 Å². The van der Waals surface area contributed by atoms with E-state index in [0.717, 1.165) is 4.90 Å². The average Bonchev–Trinajstić information content (AvgIpc) is 3.68. The number of para-hydroxylation sites is 1. The minimum atomic E-state index is -1.03. The monoisotopic (exact) mass is 724 g/mol. The van der Waals surface area contributed by atoms with Gasteiger partial charge in [-0.3, -0.25) is 43.7 Å². The van der Waals surface area contributed by atoms with Crippen LogP contribution in [0.2, 0.25) is 0 Å². The van der Waals surface area contributed by atoms with Crippen molar-refractivity contribution < 1.29 is 33.5 Å². The van der Waals surface area contributed by atoms with Crippen molar-refractivity contribution >= 4 is 58.3 Å². The summed E-state index contributed by atoms with van der Waals surface area (Å²) in [5, 5.41) is 29.2. The van der Waals surface area contributed by atoms with Crippen LogP contribution in [0.4, 0.5) is 22.9 Å². The quantitative estimate of drug-likeness (QED) is 0.0779. The number of carbonyl (C=O) groups excluding carboxylic acids is 6. The van der Waals surface area contributed by atoms with Gasteiger partial charge in [0.2, 0.25) is 17.7 Å². The number of ether oxygens (including phenoxy) is 1. The fourth-order valence-corrected chi connectivity index (χ4v) is 5.89. The van der Waals surface area contributed by atoms with Crippen molar-refractivity contribution in [2.75, 3.05) is 49.7 Å². The van der Waals surface area contributed by atoms with Crippen LogP contribution in [-0.4, -0.2) is 105 Å². The van der Waals surface area contributed by atoms with E-state index in [2.05, 4.69) is 52.2 Å². The summed E-state index contributed by atoms with van der Waals surface area (Å²) in [5.74, 6) is -2.16. The Balaban J connectivity index is 1.01. The van der Waals surface area contributed by atoms with Gasteiger partial charge in [0.1, 0.15) is 12.4 Å². The van der Waals surface area contributed by atoms with Crippen LogP contribution in [0.25, 0.3) is 11.4 Å². The highest BCUT2D eigenvalue weighted by Crippen LogP contribution is 2.37. The number of nitrogens with one attached hydrogen (secondary N) is 6. The van der Waals surface area contributed by atoms with E-state index < -0.39 is 41.5 Å². The second-order valence-electron chi connectivity index (χ2n) is 12.0. The number of piperidine rings is 1. The zero-order valence-corrected chi connectivity index (χ0v) is 29.0. The summed E-state index contributed by atoms with van der Waals surface area (Å²) < 4.78 is 7.24. The number of fused-ring (bicyclic) bond motifs is 1. The topological polar surface area (TPSA) is 244 Å². The van der Waals surface area contributed by atoms with Gasteiger partial charge in [0, 0.05) is 38.8 Å². The Bertz CT molecular complexity index is 2120. The van der Waals surface area contributed by atoms with Gasteiger partial charge in [-0.2, -0.15) is 5.10 Å². The highest BCUT2D eigenvalue weighted by atomic mass is 16.5. The van der Waals surface area contributed by atoms with Crippen molar-refractivity contribution in [1.82, 2.24) is 45.8 Å². The number of anilines is 4. The van der Waals surface area contributed by atoms with Crippen LogP contribution in [0.1, 0.15) is 50.5 Å².